The van der Waals surface area contributed by atoms with Crippen molar-refractivity contribution < 1.29 is 13.6 Å². The van der Waals surface area contributed by atoms with Crippen LogP contribution in [0.1, 0.15) is 25.6 Å². The molecule has 0 bridgehead atoms. The third kappa shape index (κ3) is 3.22. The van der Waals surface area contributed by atoms with E-state index in [0.29, 0.717) is 12.1 Å². The van der Waals surface area contributed by atoms with Gasteiger partial charge in [-0.1, -0.05) is 0 Å². The average molecular weight is 297 g/mol. The normalized spacial score (nSPS) is 24.0. The van der Waals surface area contributed by atoms with Crippen molar-refractivity contribution in [2.45, 2.75) is 32.1 Å². The lowest BCUT2D eigenvalue weighted by Crippen LogP contribution is -2.43. The Morgan fingerprint density at radius 2 is 2.05 bits per heavy atom. The maximum absolute atomic E-state index is 14.0. The van der Waals surface area contributed by atoms with Gasteiger partial charge in [-0.3, -0.25) is 10.1 Å². The third-order valence-electron chi connectivity index (χ3n) is 3.67. The van der Waals surface area contributed by atoms with E-state index in [4.69, 9.17) is 0 Å². The van der Waals surface area contributed by atoms with E-state index >= 15 is 0 Å². The number of hydrogen-bond donors (Lipinski definition) is 1. The molecule has 0 aromatic heterocycles. The summed E-state index contributed by atoms with van der Waals surface area (Å²) >= 11 is 0. The first-order chi connectivity index (χ1) is 9.81. The van der Waals surface area contributed by atoms with Gasteiger partial charge < -0.3 is 9.80 Å². The van der Waals surface area contributed by atoms with Gasteiger partial charge in [-0.15, -0.1) is 0 Å². The highest BCUT2D eigenvalue weighted by atomic mass is 19.1. The molecule has 6 heteroatoms. The molecule has 3 atom stereocenters. The SMILES string of the molecule is CC1NC(c2ccc(F)cc2F)N(C(C)CN(C)C)C1=O. The number of carbonyl (C=O) groups excluding carboxylic acids is 1. The minimum absolute atomic E-state index is 0.0712. The molecule has 1 N–H and O–H groups in total. The maximum atomic E-state index is 14.0. The van der Waals surface area contributed by atoms with E-state index in [1.54, 1.807) is 11.8 Å². The molecule has 2 rings (SSSR count). The molecular weight excluding hydrogens is 276 g/mol. The molecule has 116 valence electrons. The van der Waals surface area contributed by atoms with Crippen molar-refractivity contribution in [2.75, 3.05) is 20.6 Å². The van der Waals surface area contributed by atoms with Crippen molar-refractivity contribution in [2.24, 2.45) is 0 Å². The second-order valence-corrected chi connectivity index (χ2v) is 5.81. The summed E-state index contributed by atoms with van der Waals surface area (Å²) < 4.78 is 27.1. The second kappa shape index (κ2) is 6.07. The van der Waals surface area contributed by atoms with E-state index in [0.717, 1.165) is 6.07 Å². The Balaban J connectivity index is 2.33. The van der Waals surface area contributed by atoms with Crippen molar-refractivity contribution in [3.63, 3.8) is 0 Å². The Morgan fingerprint density at radius 3 is 2.62 bits per heavy atom. The predicted octanol–water partition coefficient (Wildman–Crippen LogP) is 1.73. The van der Waals surface area contributed by atoms with Crippen LogP contribution in [-0.4, -0.2) is 48.4 Å². The zero-order valence-electron chi connectivity index (χ0n) is 12.7. The molecule has 21 heavy (non-hydrogen) atoms. The fourth-order valence-corrected chi connectivity index (χ4v) is 2.79. The van der Waals surface area contributed by atoms with Crippen LogP contribution in [-0.2, 0) is 4.79 Å². The molecule has 1 aromatic rings. The number of nitrogens with one attached hydrogen (secondary N) is 1. The summed E-state index contributed by atoms with van der Waals surface area (Å²) in [7, 11) is 3.84. The van der Waals surface area contributed by atoms with Gasteiger partial charge in [-0.05, 0) is 40.1 Å². The summed E-state index contributed by atoms with van der Waals surface area (Å²) in [5, 5.41) is 3.08. The molecule has 1 aromatic carbocycles. The highest BCUT2D eigenvalue weighted by molar-refractivity contribution is 5.84. The molecule has 1 fully saturated rings. The van der Waals surface area contributed by atoms with Gasteiger partial charge in [0, 0.05) is 24.2 Å². The number of halogens is 2. The molecule has 1 heterocycles. The molecule has 0 saturated carbocycles. The second-order valence-electron chi connectivity index (χ2n) is 5.81. The van der Waals surface area contributed by atoms with Crippen LogP contribution in [0, 0.1) is 11.6 Å². The van der Waals surface area contributed by atoms with E-state index in [1.807, 2.05) is 25.9 Å². The highest BCUT2D eigenvalue weighted by Gasteiger charge is 2.40. The first-order valence-corrected chi connectivity index (χ1v) is 6.99. The number of likely N-dealkylation sites (N-methyl/N-ethyl adjacent to an activating group) is 1. The van der Waals surface area contributed by atoms with Crippen LogP contribution in [0.15, 0.2) is 18.2 Å². The zero-order chi connectivity index (χ0) is 15.7. The van der Waals surface area contributed by atoms with Crippen LogP contribution < -0.4 is 5.32 Å². The summed E-state index contributed by atoms with van der Waals surface area (Å²) in [5.41, 5.74) is 0.291. The van der Waals surface area contributed by atoms with Gasteiger partial charge in [0.1, 0.15) is 17.8 Å². The lowest BCUT2D eigenvalue weighted by molar-refractivity contribution is -0.132. The number of benzene rings is 1. The molecule has 4 nitrogen and oxygen atoms in total. The summed E-state index contributed by atoms with van der Waals surface area (Å²) in [4.78, 5) is 15.9. The van der Waals surface area contributed by atoms with Crippen molar-refractivity contribution in [1.29, 1.82) is 0 Å². The first-order valence-electron chi connectivity index (χ1n) is 6.99. The van der Waals surface area contributed by atoms with Crippen molar-refractivity contribution in [3.05, 3.63) is 35.4 Å². The lowest BCUT2D eigenvalue weighted by Gasteiger charge is -2.32. The standard InChI is InChI=1S/C15H21F2N3O/c1-9(8-19(3)4)20-14(18-10(2)15(20)21)12-6-5-11(16)7-13(12)17/h5-7,9-10,14,18H,8H2,1-4H3. The van der Waals surface area contributed by atoms with E-state index < -0.39 is 17.8 Å². The van der Waals surface area contributed by atoms with Gasteiger partial charge in [0.25, 0.3) is 0 Å². The van der Waals surface area contributed by atoms with Crippen molar-refractivity contribution in [1.82, 2.24) is 15.1 Å². The van der Waals surface area contributed by atoms with Crippen molar-refractivity contribution in [3.8, 4) is 0 Å². The molecule has 0 aliphatic carbocycles. The minimum atomic E-state index is -0.642. The Bertz CT molecular complexity index is 536. The van der Waals surface area contributed by atoms with E-state index in [2.05, 4.69) is 5.32 Å². The Morgan fingerprint density at radius 1 is 1.38 bits per heavy atom. The Kier molecular flexibility index (Phi) is 4.58. The zero-order valence-corrected chi connectivity index (χ0v) is 12.7. The molecule has 1 aliphatic heterocycles. The fourth-order valence-electron chi connectivity index (χ4n) is 2.79. The summed E-state index contributed by atoms with van der Waals surface area (Å²) in [6.45, 7) is 4.34. The molecule has 1 amide bonds. The van der Waals surface area contributed by atoms with Gasteiger partial charge in [0.2, 0.25) is 5.91 Å². The lowest BCUT2D eigenvalue weighted by atomic mass is 10.1. The third-order valence-corrected chi connectivity index (χ3v) is 3.67. The molecule has 1 aliphatic rings. The van der Waals surface area contributed by atoms with E-state index in [9.17, 15) is 13.6 Å². The van der Waals surface area contributed by atoms with Gasteiger partial charge in [0.15, 0.2) is 0 Å². The monoisotopic (exact) mass is 297 g/mol. The van der Waals surface area contributed by atoms with Gasteiger partial charge in [-0.2, -0.15) is 0 Å². The molecule has 0 radical (unpaired) electrons. The smallest absolute Gasteiger partial charge is 0.241 e. The van der Waals surface area contributed by atoms with Crippen LogP contribution in [0.5, 0.6) is 0 Å². The largest absolute Gasteiger partial charge is 0.317 e. The van der Waals surface area contributed by atoms with Crippen molar-refractivity contribution >= 4 is 5.91 Å². The van der Waals surface area contributed by atoms with Gasteiger partial charge in [0.05, 0.1) is 6.04 Å². The van der Waals surface area contributed by atoms with Crippen LogP contribution in [0.25, 0.3) is 0 Å². The molecular formula is C15H21F2N3O. The quantitative estimate of drug-likeness (QED) is 0.919. The van der Waals surface area contributed by atoms with Gasteiger partial charge >= 0.3 is 0 Å². The summed E-state index contributed by atoms with van der Waals surface area (Å²) in [5.74, 6) is -1.34. The number of rotatable bonds is 4. The summed E-state index contributed by atoms with van der Waals surface area (Å²) in [6.07, 6.45) is -0.567. The molecule has 1 saturated heterocycles. The number of amides is 1. The van der Waals surface area contributed by atoms with E-state index in [1.165, 1.54) is 12.1 Å². The summed E-state index contributed by atoms with van der Waals surface area (Å²) in [6, 6.07) is 2.98. The number of nitrogens with zero attached hydrogens (tertiary/aromatic N) is 2. The van der Waals surface area contributed by atoms with Crippen LogP contribution >= 0.6 is 0 Å². The average Bonchev–Trinajstić information content (AvgIpc) is 2.64. The predicted molar refractivity (Wildman–Crippen MR) is 76.6 cm³/mol. The Hall–Kier alpha value is -1.53. The first kappa shape index (κ1) is 15.9. The topological polar surface area (TPSA) is 35.6 Å². The molecule has 0 spiro atoms. The fraction of sp³-hybridized carbons (Fsp3) is 0.533. The molecule has 3 unspecified atom stereocenters. The number of carbonyl (C=O) groups is 1. The minimum Gasteiger partial charge on any atom is -0.317 e. The highest BCUT2D eigenvalue weighted by Crippen LogP contribution is 2.29. The van der Waals surface area contributed by atoms with E-state index in [-0.39, 0.29) is 18.0 Å². The van der Waals surface area contributed by atoms with Gasteiger partial charge in [-0.25, -0.2) is 8.78 Å². The number of hydrogen-bond acceptors (Lipinski definition) is 3. The van der Waals surface area contributed by atoms with Crippen LogP contribution in [0.3, 0.4) is 0 Å². The maximum Gasteiger partial charge on any atom is 0.241 e. The van der Waals surface area contributed by atoms with Crippen LogP contribution in [0.2, 0.25) is 0 Å². The van der Waals surface area contributed by atoms with Crippen LogP contribution in [0.4, 0.5) is 8.78 Å². The Labute approximate surface area is 123 Å².